The predicted octanol–water partition coefficient (Wildman–Crippen LogP) is 5.62. The monoisotopic (exact) mass is 844 g/mol. The lowest BCUT2D eigenvalue weighted by Gasteiger charge is -2.49. The summed E-state index contributed by atoms with van der Waals surface area (Å²) < 4.78 is 15.1. The maximum absolute atomic E-state index is 6.06. The van der Waals surface area contributed by atoms with Gasteiger partial charge in [0.05, 0.1) is 65.6 Å². The van der Waals surface area contributed by atoms with E-state index in [4.69, 9.17) is 9.47 Å². The van der Waals surface area contributed by atoms with Crippen LogP contribution in [0.3, 0.4) is 0 Å². The minimum atomic E-state index is 0. The van der Waals surface area contributed by atoms with E-state index in [1.54, 1.807) is 0 Å². The van der Waals surface area contributed by atoms with Gasteiger partial charge in [-0.25, -0.2) is 0 Å². The molecule has 2 aromatic rings. The van der Waals surface area contributed by atoms with Crippen molar-refractivity contribution in [3.05, 3.63) is 48.5 Å². The summed E-state index contributed by atoms with van der Waals surface area (Å²) in [5.41, 5.74) is 2.46. The number of benzene rings is 2. The summed E-state index contributed by atoms with van der Waals surface area (Å²) >= 11 is 0. The highest BCUT2D eigenvalue weighted by Gasteiger charge is 2.39. The number of fused-ring (bicyclic) bond motifs is 6. The quantitative estimate of drug-likeness (QED) is 0.0956. The Morgan fingerprint density at radius 2 is 0.635 bits per heavy atom. The van der Waals surface area contributed by atoms with Gasteiger partial charge in [0, 0.05) is 0 Å². The van der Waals surface area contributed by atoms with Crippen LogP contribution in [0, 0.1) is 11.8 Å². The third kappa shape index (κ3) is 14.2. The average molecular weight is 847 g/mol. The van der Waals surface area contributed by atoms with E-state index in [1.165, 1.54) is 201 Å². The summed E-state index contributed by atoms with van der Waals surface area (Å²) in [7, 11) is 0. The molecule has 2 aromatic carbocycles. The van der Waals surface area contributed by atoms with Crippen LogP contribution in [0.1, 0.15) is 141 Å². The molecular weight excluding hydrogens is 772 g/mol. The molecule has 6 saturated heterocycles. The van der Waals surface area contributed by atoms with Crippen LogP contribution in [0.4, 0.5) is 0 Å². The second-order valence-electron chi connectivity index (χ2n) is 17.3. The molecule has 294 valence electrons. The first-order chi connectivity index (χ1) is 24.7. The van der Waals surface area contributed by atoms with Crippen LogP contribution < -0.4 is 43.4 Å². The Hall–Kier alpha value is -1.08. The van der Waals surface area contributed by atoms with Gasteiger partial charge in [0.25, 0.3) is 0 Å². The van der Waals surface area contributed by atoms with Crippen LogP contribution in [-0.4, -0.2) is 74.5 Å². The summed E-state index contributed by atoms with van der Waals surface area (Å²) in [5, 5.41) is 0. The molecule has 4 nitrogen and oxygen atoms in total. The summed E-state index contributed by atoms with van der Waals surface area (Å²) in [6, 6.07) is 17.2. The zero-order chi connectivity index (χ0) is 34.2. The lowest BCUT2D eigenvalue weighted by molar-refractivity contribution is -0.942. The van der Waals surface area contributed by atoms with E-state index in [2.05, 4.69) is 48.5 Å². The first kappa shape index (κ1) is 43.6. The van der Waals surface area contributed by atoms with Crippen LogP contribution in [0.25, 0.3) is 11.1 Å². The van der Waals surface area contributed by atoms with Crippen molar-refractivity contribution in [1.82, 2.24) is 0 Å². The highest BCUT2D eigenvalue weighted by atomic mass is 79.9. The van der Waals surface area contributed by atoms with E-state index < -0.39 is 0 Å². The fourth-order valence-corrected chi connectivity index (χ4v) is 10.0. The standard InChI is InChI=1S/C46H74N2O2.2BrH/c1(5-9-13-31-47-33-25-41(26-34-47)27-35-47)3-7-11-15-39-49-45-21-17-43(18-22-45)44-19-23-46(24-20-44)50-40-16-12-8-4-2-6-10-14-32-48-36-28-42(29-37-48)30-38-48;;/h17-24,41-42H,1-16,25-40H2;2*1H/q+2;;/p-2. The molecule has 6 aliphatic rings. The number of unbranched alkanes of at least 4 members (excludes halogenated alkanes) is 14. The fraction of sp³-hybridized carbons (Fsp3) is 0.739. The highest BCUT2D eigenvalue weighted by Crippen LogP contribution is 2.35. The molecular formula is C46H74Br2N2O2. The molecule has 0 radical (unpaired) electrons. The zero-order valence-corrected chi connectivity index (χ0v) is 36.0. The minimum Gasteiger partial charge on any atom is -1.00 e. The van der Waals surface area contributed by atoms with E-state index in [0.717, 1.165) is 49.4 Å². The molecule has 0 atom stereocenters. The number of halogens is 2. The van der Waals surface area contributed by atoms with Crippen LogP contribution >= 0.6 is 0 Å². The van der Waals surface area contributed by atoms with Crippen molar-refractivity contribution < 1.29 is 52.4 Å². The maximum atomic E-state index is 6.06. The van der Waals surface area contributed by atoms with Crippen molar-refractivity contribution in [1.29, 1.82) is 0 Å². The normalized spacial score (nSPS) is 24.6. The van der Waals surface area contributed by atoms with Crippen molar-refractivity contribution in [2.45, 2.75) is 141 Å². The molecule has 0 amide bonds. The Morgan fingerprint density at radius 1 is 0.365 bits per heavy atom. The molecule has 8 rings (SSSR count). The number of piperidine rings is 6. The van der Waals surface area contributed by atoms with E-state index in [1.807, 2.05) is 0 Å². The smallest absolute Gasteiger partial charge is 0.119 e. The van der Waals surface area contributed by atoms with Gasteiger partial charge in [0.1, 0.15) is 11.5 Å². The van der Waals surface area contributed by atoms with Crippen LogP contribution in [0.15, 0.2) is 48.5 Å². The Morgan fingerprint density at radius 3 is 0.942 bits per heavy atom. The largest absolute Gasteiger partial charge is 1.00 e. The Kier molecular flexibility index (Phi) is 19.9. The van der Waals surface area contributed by atoms with Gasteiger partial charge in [0.2, 0.25) is 0 Å². The van der Waals surface area contributed by atoms with Gasteiger partial charge in [-0.2, -0.15) is 0 Å². The van der Waals surface area contributed by atoms with Crippen molar-refractivity contribution >= 4 is 0 Å². The lowest BCUT2D eigenvalue weighted by atomic mass is 9.85. The van der Waals surface area contributed by atoms with Crippen molar-refractivity contribution in [2.75, 3.05) is 65.6 Å². The predicted molar refractivity (Wildman–Crippen MR) is 211 cm³/mol. The maximum Gasteiger partial charge on any atom is 0.119 e. The summed E-state index contributed by atoms with van der Waals surface area (Å²) in [6.45, 7) is 13.5. The first-order valence-electron chi connectivity index (χ1n) is 21.9. The molecule has 0 spiro atoms. The second kappa shape index (κ2) is 23.8. The average Bonchev–Trinajstić information content (AvgIpc) is 3.18. The van der Waals surface area contributed by atoms with Crippen LogP contribution in [0.2, 0.25) is 0 Å². The summed E-state index contributed by atoms with van der Waals surface area (Å²) in [4.78, 5) is 0. The van der Waals surface area contributed by atoms with E-state index in [0.29, 0.717) is 0 Å². The molecule has 0 saturated carbocycles. The molecule has 6 aliphatic heterocycles. The van der Waals surface area contributed by atoms with Crippen LogP contribution in [0.5, 0.6) is 11.5 Å². The van der Waals surface area contributed by atoms with Crippen molar-refractivity contribution in [2.24, 2.45) is 11.8 Å². The Labute approximate surface area is 340 Å². The van der Waals surface area contributed by atoms with Gasteiger partial charge in [-0.05, 0) is 124 Å². The van der Waals surface area contributed by atoms with Gasteiger partial charge in [0.15, 0.2) is 0 Å². The molecule has 6 fully saturated rings. The topological polar surface area (TPSA) is 18.5 Å². The first-order valence-corrected chi connectivity index (χ1v) is 21.9. The molecule has 6 heteroatoms. The number of hydrogen-bond donors (Lipinski definition) is 0. The summed E-state index contributed by atoms with van der Waals surface area (Å²) in [6.07, 6.45) is 30.9. The van der Waals surface area contributed by atoms with E-state index in [9.17, 15) is 0 Å². The molecule has 6 heterocycles. The number of quaternary nitrogens is 2. The van der Waals surface area contributed by atoms with Crippen LogP contribution in [-0.2, 0) is 0 Å². The summed E-state index contributed by atoms with van der Waals surface area (Å²) in [5.74, 6) is 4.13. The van der Waals surface area contributed by atoms with Gasteiger partial charge in [-0.1, -0.05) is 88.5 Å². The molecule has 0 N–H and O–H groups in total. The molecule has 0 aromatic heterocycles. The van der Waals surface area contributed by atoms with Gasteiger partial charge in [-0.15, -0.1) is 0 Å². The SMILES string of the molecule is [Br-].[Br-].c1cc(-c2ccc(OCCCCCCCCCC[N+]34CCC(CC3)CC4)cc2)ccc1OCCCCCCCCCC[N+]12CCC(CC1)CC2. The highest BCUT2D eigenvalue weighted by molar-refractivity contribution is 5.64. The number of nitrogens with zero attached hydrogens (tertiary/aromatic N) is 2. The second-order valence-corrected chi connectivity index (χ2v) is 17.3. The van der Waals surface area contributed by atoms with Crippen molar-refractivity contribution in [3.63, 3.8) is 0 Å². The molecule has 4 bridgehead atoms. The van der Waals surface area contributed by atoms with E-state index >= 15 is 0 Å². The fourth-order valence-electron chi connectivity index (χ4n) is 10.0. The number of hydrogen-bond acceptors (Lipinski definition) is 2. The van der Waals surface area contributed by atoms with Gasteiger partial charge in [-0.3, -0.25) is 0 Å². The number of rotatable bonds is 25. The number of ether oxygens (including phenoxy) is 2. The molecule has 0 aliphatic carbocycles. The molecule has 52 heavy (non-hydrogen) atoms. The molecule has 0 unspecified atom stereocenters. The lowest BCUT2D eigenvalue weighted by Crippen LogP contribution is -3.00. The Bertz CT molecular complexity index is 1080. The van der Waals surface area contributed by atoms with Gasteiger partial charge >= 0.3 is 0 Å². The van der Waals surface area contributed by atoms with E-state index in [-0.39, 0.29) is 34.0 Å². The van der Waals surface area contributed by atoms with Gasteiger partial charge < -0.3 is 52.4 Å². The zero-order valence-electron chi connectivity index (χ0n) is 32.9. The Balaban J connectivity index is 0.00000302. The third-order valence-electron chi connectivity index (χ3n) is 13.7. The third-order valence-corrected chi connectivity index (χ3v) is 13.7. The minimum absolute atomic E-state index is 0. The van der Waals surface area contributed by atoms with Crippen molar-refractivity contribution in [3.8, 4) is 22.6 Å².